The Morgan fingerprint density at radius 1 is 1.05 bits per heavy atom. The van der Waals surface area contributed by atoms with Gasteiger partial charge in [0.1, 0.15) is 5.75 Å². The molecular weight excluding hydrogens is 278 g/mol. The molecule has 1 atom stereocenters. The van der Waals surface area contributed by atoms with E-state index in [4.69, 9.17) is 10.5 Å². The van der Waals surface area contributed by atoms with Crippen LogP contribution in [0.1, 0.15) is 11.1 Å². The maximum Gasteiger partial charge on any atom is 0.118 e. The maximum absolute atomic E-state index is 6.33. The van der Waals surface area contributed by atoms with Gasteiger partial charge in [-0.3, -0.25) is 0 Å². The average molecular weight is 297 g/mol. The van der Waals surface area contributed by atoms with Gasteiger partial charge in [0.05, 0.1) is 7.11 Å². The molecule has 0 radical (unpaired) electrons. The van der Waals surface area contributed by atoms with Crippen LogP contribution in [0.5, 0.6) is 5.75 Å². The Kier molecular flexibility index (Phi) is 4.23. The van der Waals surface area contributed by atoms with Crippen LogP contribution in [0.4, 0.5) is 0 Å². The van der Waals surface area contributed by atoms with E-state index in [-0.39, 0.29) is 6.04 Å². The van der Waals surface area contributed by atoms with E-state index in [1.807, 2.05) is 12.1 Å². The number of nitrogens with two attached hydrogens (primary N) is 1. The summed E-state index contributed by atoms with van der Waals surface area (Å²) in [5.41, 5.74) is 8.94. The summed E-state index contributed by atoms with van der Waals surface area (Å²) in [6, 6.07) is 16.8. The lowest BCUT2D eigenvalue weighted by Gasteiger charge is -2.11. The van der Waals surface area contributed by atoms with E-state index in [9.17, 15) is 0 Å². The number of rotatable bonds is 5. The van der Waals surface area contributed by atoms with Crippen molar-refractivity contribution in [1.29, 1.82) is 0 Å². The first-order valence-electron chi connectivity index (χ1n) is 7.10. The lowest BCUT2D eigenvalue weighted by molar-refractivity contribution is 0.414. The molecule has 3 heteroatoms. The summed E-state index contributed by atoms with van der Waals surface area (Å²) < 4.78 is 6.51. The van der Waals surface area contributed by atoms with Gasteiger partial charge in [-0.15, -0.1) is 11.3 Å². The van der Waals surface area contributed by atoms with Crippen molar-refractivity contribution in [3.05, 3.63) is 65.0 Å². The second-order valence-electron chi connectivity index (χ2n) is 5.27. The molecule has 108 valence electrons. The van der Waals surface area contributed by atoms with Crippen LogP contribution in [-0.4, -0.2) is 13.2 Å². The topological polar surface area (TPSA) is 35.2 Å². The molecule has 0 bridgehead atoms. The van der Waals surface area contributed by atoms with Crippen LogP contribution in [0.2, 0.25) is 0 Å². The predicted octanol–water partition coefficient (Wildman–Crippen LogP) is 4.02. The number of methoxy groups -OCH3 is 1. The molecule has 2 nitrogen and oxygen atoms in total. The fourth-order valence-corrected chi connectivity index (χ4v) is 3.59. The van der Waals surface area contributed by atoms with Crippen LogP contribution in [0.25, 0.3) is 10.1 Å². The highest BCUT2D eigenvalue weighted by Crippen LogP contribution is 2.26. The van der Waals surface area contributed by atoms with Crippen molar-refractivity contribution in [1.82, 2.24) is 0 Å². The van der Waals surface area contributed by atoms with Crippen LogP contribution in [-0.2, 0) is 12.8 Å². The van der Waals surface area contributed by atoms with Gasteiger partial charge in [0.25, 0.3) is 0 Å². The molecule has 0 amide bonds. The quantitative estimate of drug-likeness (QED) is 0.772. The van der Waals surface area contributed by atoms with Crippen molar-refractivity contribution < 1.29 is 4.74 Å². The molecule has 0 aliphatic rings. The van der Waals surface area contributed by atoms with Crippen LogP contribution in [0.3, 0.4) is 0 Å². The first-order chi connectivity index (χ1) is 10.3. The van der Waals surface area contributed by atoms with E-state index in [1.165, 1.54) is 21.2 Å². The zero-order chi connectivity index (χ0) is 14.7. The van der Waals surface area contributed by atoms with Gasteiger partial charge >= 0.3 is 0 Å². The first-order valence-corrected chi connectivity index (χ1v) is 7.98. The van der Waals surface area contributed by atoms with Crippen molar-refractivity contribution >= 4 is 21.4 Å². The molecular formula is C18H19NOS. The standard InChI is InChI=1S/C18H19NOS/c1-20-16-8-6-13(7-9-16)10-15(19)11-14-12-21-18-5-3-2-4-17(14)18/h2-9,12,15H,10-11,19H2,1H3. The van der Waals surface area contributed by atoms with Gasteiger partial charge < -0.3 is 10.5 Å². The Hall–Kier alpha value is -1.84. The number of hydrogen-bond acceptors (Lipinski definition) is 3. The summed E-state index contributed by atoms with van der Waals surface area (Å²) in [6.07, 6.45) is 1.80. The van der Waals surface area contributed by atoms with Gasteiger partial charge in [0.15, 0.2) is 0 Å². The molecule has 2 aromatic carbocycles. The van der Waals surface area contributed by atoms with E-state index in [1.54, 1.807) is 18.4 Å². The Morgan fingerprint density at radius 2 is 1.81 bits per heavy atom. The minimum Gasteiger partial charge on any atom is -0.497 e. The highest BCUT2D eigenvalue weighted by molar-refractivity contribution is 7.17. The molecule has 0 saturated carbocycles. The van der Waals surface area contributed by atoms with Gasteiger partial charge in [-0.25, -0.2) is 0 Å². The normalized spacial score (nSPS) is 12.5. The number of benzene rings is 2. The Bertz CT molecular complexity index is 717. The van der Waals surface area contributed by atoms with Gasteiger partial charge in [-0.05, 0) is 52.9 Å². The molecule has 2 N–H and O–H groups in total. The van der Waals surface area contributed by atoms with Crippen LogP contribution in [0.15, 0.2) is 53.9 Å². The number of ether oxygens (including phenoxy) is 1. The van der Waals surface area contributed by atoms with Crippen LogP contribution in [0, 0.1) is 0 Å². The Labute approximate surface area is 129 Å². The van der Waals surface area contributed by atoms with Gasteiger partial charge in [-0.2, -0.15) is 0 Å². The summed E-state index contributed by atoms with van der Waals surface area (Å²) in [6.45, 7) is 0. The summed E-state index contributed by atoms with van der Waals surface area (Å²) in [5, 5.41) is 3.58. The fourth-order valence-electron chi connectivity index (χ4n) is 2.61. The third-order valence-electron chi connectivity index (χ3n) is 3.70. The highest BCUT2D eigenvalue weighted by atomic mass is 32.1. The van der Waals surface area contributed by atoms with E-state index in [2.05, 4.69) is 41.8 Å². The number of hydrogen-bond donors (Lipinski definition) is 1. The fraction of sp³-hybridized carbons (Fsp3) is 0.222. The molecule has 3 aromatic rings. The van der Waals surface area contributed by atoms with E-state index >= 15 is 0 Å². The summed E-state index contributed by atoms with van der Waals surface area (Å²) >= 11 is 1.80. The molecule has 1 unspecified atom stereocenters. The molecule has 1 heterocycles. The molecule has 1 aromatic heterocycles. The minimum atomic E-state index is 0.136. The lowest BCUT2D eigenvalue weighted by Crippen LogP contribution is -2.25. The Balaban J connectivity index is 1.69. The lowest BCUT2D eigenvalue weighted by atomic mass is 9.99. The van der Waals surface area contributed by atoms with E-state index in [0.29, 0.717) is 0 Å². The molecule has 0 spiro atoms. The highest BCUT2D eigenvalue weighted by Gasteiger charge is 2.09. The smallest absolute Gasteiger partial charge is 0.118 e. The molecule has 0 fully saturated rings. The zero-order valence-electron chi connectivity index (χ0n) is 12.1. The first kappa shape index (κ1) is 14.1. The molecule has 21 heavy (non-hydrogen) atoms. The van der Waals surface area contributed by atoms with E-state index < -0.39 is 0 Å². The predicted molar refractivity (Wildman–Crippen MR) is 90.2 cm³/mol. The van der Waals surface area contributed by atoms with E-state index in [0.717, 1.165) is 18.6 Å². The molecule has 0 aliphatic heterocycles. The maximum atomic E-state index is 6.33. The Morgan fingerprint density at radius 3 is 2.57 bits per heavy atom. The molecule has 3 rings (SSSR count). The third-order valence-corrected chi connectivity index (χ3v) is 4.71. The largest absolute Gasteiger partial charge is 0.497 e. The van der Waals surface area contributed by atoms with Gasteiger partial charge in [-0.1, -0.05) is 30.3 Å². The van der Waals surface area contributed by atoms with Crippen molar-refractivity contribution in [3.63, 3.8) is 0 Å². The van der Waals surface area contributed by atoms with Crippen molar-refractivity contribution in [3.8, 4) is 5.75 Å². The van der Waals surface area contributed by atoms with Crippen molar-refractivity contribution in [2.75, 3.05) is 7.11 Å². The summed E-state index contributed by atoms with van der Waals surface area (Å²) in [7, 11) is 1.68. The number of thiophene rings is 1. The monoisotopic (exact) mass is 297 g/mol. The third kappa shape index (κ3) is 3.26. The number of fused-ring (bicyclic) bond motifs is 1. The SMILES string of the molecule is COc1ccc(CC(N)Cc2csc3ccccc23)cc1. The van der Waals surface area contributed by atoms with Crippen molar-refractivity contribution in [2.24, 2.45) is 5.73 Å². The van der Waals surface area contributed by atoms with Crippen LogP contribution >= 0.6 is 11.3 Å². The second-order valence-corrected chi connectivity index (χ2v) is 6.18. The molecule has 0 aliphatic carbocycles. The van der Waals surface area contributed by atoms with Crippen LogP contribution < -0.4 is 10.5 Å². The summed E-state index contributed by atoms with van der Waals surface area (Å²) in [4.78, 5) is 0. The minimum absolute atomic E-state index is 0.136. The second kappa shape index (κ2) is 6.29. The van der Waals surface area contributed by atoms with Gasteiger partial charge in [0.2, 0.25) is 0 Å². The summed E-state index contributed by atoms with van der Waals surface area (Å²) in [5.74, 6) is 0.885. The zero-order valence-corrected chi connectivity index (χ0v) is 12.9. The molecule has 0 saturated heterocycles. The van der Waals surface area contributed by atoms with Crippen molar-refractivity contribution in [2.45, 2.75) is 18.9 Å². The average Bonchev–Trinajstić information content (AvgIpc) is 2.91. The van der Waals surface area contributed by atoms with Gasteiger partial charge in [0, 0.05) is 10.7 Å².